The second-order valence-electron chi connectivity index (χ2n) is 8.66. The van der Waals surface area contributed by atoms with Gasteiger partial charge in [0.05, 0.1) is 11.7 Å². The van der Waals surface area contributed by atoms with Gasteiger partial charge in [0.25, 0.3) is 5.56 Å². The summed E-state index contributed by atoms with van der Waals surface area (Å²) in [7, 11) is 2.10. The number of likely N-dealkylation sites (N-methyl/N-ethyl adjacent to an activating group) is 1. The molecule has 2 aromatic heterocycles. The van der Waals surface area contributed by atoms with Gasteiger partial charge in [-0.2, -0.15) is 0 Å². The summed E-state index contributed by atoms with van der Waals surface area (Å²) in [5.41, 5.74) is 3.07. The number of aromatic nitrogens is 3. The number of hydrogen-bond donors (Lipinski definition) is 3. The first-order valence-corrected chi connectivity index (χ1v) is 11.3. The Balaban J connectivity index is 1.39. The summed E-state index contributed by atoms with van der Waals surface area (Å²) in [6.45, 7) is 4.42. The van der Waals surface area contributed by atoms with Crippen LogP contribution >= 0.6 is 0 Å². The fourth-order valence-electron chi connectivity index (χ4n) is 4.37. The van der Waals surface area contributed by atoms with Crippen LogP contribution in [0.3, 0.4) is 0 Å². The molecule has 0 aliphatic carbocycles. The Labute approximate surface area is 196 Å². The first-order chi connectivity index (χ1) is 16.5. The van der Waals surface area contributed by atoms with Crippen molar-refractivity contribution in [2.45, 2.75) is 6.23 Å². The minimum Gasteiger partial charge on any atom is -0.372 e. The summed E-state index contributed by atoms with van der Waals surface area (Å²) >= 11 is 0. The second-order valence-corrected chi connectivity index (χ2v) is 8.66. The van der Waals surface area contributed by atoms with Crippen molar-refractivity contribution in [1.82, 2.24) is 24.3 Å². The van der Waals surface area contributed by atoms with Crippen molar-refractivity contribution < 1.29 is 9.50 Å². The highest BCUT2D eigenvalue weighted by Crippen LogP contribution is 2.30. The Hall–Kier alpha value is -3.53. The zero-order valence-electron chi connectivity index (χ0n) is 18.9. The third-order valence-electron chi connectivity index (χ3n) is 6.23. The van der Waals surface area contributed by atoms with Crippen LogP contribution in [-0.2, 0) is 0 Å². The van der Waals surface area contributed by atoms with Crippen LogP contribution in [0.15, 0.2) is 65.8 Å². The number of β-amino-alcohol motifs (C(OH)–C–C–N with tert-alkyl or cyclic N) is 1. The molecule has 0 radical (unpaired) electrons. The zero-order valence-corrected chi connectivity index (χ0v) is 18.9. The third-order valence-corrected chi connectivity index (χ3v) is 6.23. The number of nitrogens with one attached hydrogen (secondary N) is 2. The number of benzene rings is 2. The molecule has 0 spiro atoms. The Kier molecular flexibility index (Phi) is 6.14. The molecule has 5 rings (SSSR count). The number of fused-ring (bicyclic) bond motifs is 1. The van der Waals surface area contributed by atoms with Gasteiger partial charge in [0.15, 0.2) is 5.65 Å². The van der Waals surface area contributed by atoms with E-state index >= 15 is 0 Å². The van der Waals surface area contributed by atoms with Gasteiger partial charge in [-0.15, -0.1) is 0 Å². The molecule has 8 nitrogen and oxygen atoms in total. The molecule has 0 bridgehead atoms. The first-order valence-electron chi connectivity index (χ1n) is 11.3. The predicted molar refractivity (Wildman–Crippen MR) is 131 cm³/mol. The maximum Gasteiger partial charge on any atom is 0.260 e. The Morgan fingerprint density at radius 2 is 1.91 bits per heavy atom. The predicted octanol–water partition coefficient (Wildman–Crippen LogP) is 2.50. The van der Waals surface area contributed by atoms with Crippen LogP contribution in [0.5, 0.6) is 0 Å². The SMILES string of the molecule is CN1CCN(CC(O)Nc2ccc(-c3cn(-c4cccc(F)c4)c4nc[nH]c(=O)c34)cc2)CC1. The number of aliphatic hydroxyl groups excluding tert-OH is 1. The molecule has 0 saturated carbocycles. The van der Waals surface area contributed by atoms with Crippen molar-refractivity contribution in [2.24, 2.45) is 0 Å². The van der Waals surface area contributed by atoms with Gasteiger partial charge in [0.1, 0.15) is 12.0 Å². The molecule has 0 amide bonds. The largest absolute Gasteiger partial charge is 0.372 e. The number of aromatic amines is 1. The number of rotatable bonds is 6. The summed E-state index contributed by atoms with van der Waals surface area (Å²) in [4.78, 5) is 24.2. The zero-order chi connectivity index (χ0) is 23.7. The van der Waals surface area contributed by atoms with E-state index < -0.39 is 6.23 Å². The smallest absolute Gasteiger partial charge is 0.260 e. The van der Waals surface area contributed by atoms with Gasteiger partial charge in [-0.1, -0.05) is 18.2 Å². The fourth-order valence-corrected chi connectivity index (χ4v) is 4.37. The van der Waals surface area contributed by atoms with Gasteiger partial charge in [-0.05, 0) is 42.9 Å². The lowest BCUT2D eigenvalue weighted by Gasteiger charge is -2.33. The Morgan fingerprint density at radius 1 is 1.15 bits per heavy atom. The van der Waals surface area contributed by atoms with Crippen LogP contribution in [0, 0.1) is 5.82 Å². The van der Waals surface area contributed by atoms with E-state index in [-0.39, 0.29) is 11.4 Å². The summed E-state index contributed by atoms with van der Waals surface area (Å²) in [6, 6.07) is 13.7. The minimum atomic E-state index is -0.684. The average molecular weight is 463 g/mol. The van der Waals surface area contributed by atoms with Gasteiger partial charge in [0.2, 0.25) is 0 Å². The van der Waals surface area contributed by atoms with Crippen LogP contribution in [-0.4, -0.2) is 75.4 Å². The summed E-state index contributed by atoms with van der Waals surface area (Å²) in [5.74, 6) is -0.365. The van der Waals surface area contributed by atoms with Crippen LogP contribution < -0.4 is 10.9 Å². The average Bonchev–Trinajstić information content (AvgIpc) is 3.22. The molecule has 4 aromatic rings. The second kappa shape index (κ2) is 9.38. The van der Waals surface area contributed by atoms with Crippen molar-refractivity contribution in [3.63, 3.8) is 0 Å². The molecule has 34 heavy (non-hydrogen) atoms. The van der Waals surface area contributed by atoms with Crippen molar-refractivity contribution in [3.8, 4) is 16.8 Å². The van der Waals surface area contributed by atoms with Crippen molar-refractivity contribution in [2.75, 3.05) is 45.1 Å². The van der Waals surface area contributed by atoms with Crippen LogP contribution in [0.25, 0.3) is 27.8 Å². The van der Waals surface area contributed by atoms with Gasteiger partial charge in [0, 0.05) is 55.9 Å². The van der Waals surface area contributed by atoms with Crippen LogP contribution in [0.4, 0.5) is 10.1 Å². The highest BCUT2D eigenvalue weighted by Gasteiger charge is 2.18. The maximum atomic E-state index is 13.8. The Morgan fingerprint density at radius 3 is 2.65 bits per heavy atom. The van der Waals surface area contributed by atoms with E-state index in [1.54, 1.807) is 22.9 Å². The van der Waals surface area contributed by atoms with Gasteiger partial charge in [-0.25, -0.2) is 9.37 Å². The Bertz CT molecular complexity index is 1340. The summed E-state index contributed by atoms with van der Waals surface area (Å²) in [5, 5.41) is 14.1. The first kappa shape index (κ1) is 22.3. The highest BCUT2D eigenvalue weighted by molar-refractivity contribution is 5.94. The number of piperazine rings is 1. The number of nitrogens with zero attached hydrogens (tertiary/aromatic N) is 4. The topological polar surface area (TPSA) is 89.4 Å². The molecule has 2 aromatic carbocycles. The molecule has 3 N–H and O–H groups in total. The van der Waals surface area contributed by atoms with E-state index in [0.29, 0.717) is 28.8 Å². The molecule has 1 aliphatic rings. The van der Waals surface area contributed by atoms with E-state index in [0.717, 1.165) is 37.4 Å². The monoisotopic (exact) mass is 462 g/mol. The van der Waals surface area contributed by atoms with Crippen LogP contribution in [0.2, 0.25) is 0 Å². The summed E-state index contributed by atoms with van der Waals surface area (Å²) in [6.07, 6.45) is 2.46. The maximum absolute atomic E-state index is 13.8. The lowest BCUT2D eigenvalue weighted by atomic mass is 10.1. The quantitative estimate of drug-likeness (QED) is 0.382. The lowest BCUT2D eigenvalue weighted by molar-refractivity contribution is 0.0940. The molecule has 3 heterocycles. The van der Waals surface area contributed by atoms with E-state index in [1.807, 2.05) is 24.3 Å². The minimum absolute atomic E-state index is 0.264. The molecular weight excluding hydrogens is 435 g/mol. The number of halogens is 1. The van der Waals surface area contributed by atoms with E-state index in [1.165, 1.54) is 18.5 Å². The number of anilines is 1. The highest BCUT2D eigenvalue weighted by atomic mass is 19.1. The van der Waals surface area contributed by atoms with Crippen molar-refractivity contribution in [1.29, 1.82) is 0 Å². The molecule has 1 aliphatic heterocycles. The lowest BCUT2D eigenvalue weighted by Crippen LogP contribution is -2.48. The van der Waals surface area contributed by atoms with Crippen molar-refractivity contribution >= 4 is 16.7 Å². The normalized spacial score (nSPS) is 16.1. The molecule has 176 valence electrons. The van der Waals surface area contributed by atoms with E-state index in [2.05, 4.69) is 32.1 Å². The van der Waals surface area contributed by atoms with Crippen LogP contribution in [0.1, 0.15) is 0 Å². The molecule has 1 saturated heterocycles. The number of H-pyrrole nitrogens is 1. The molecule has 1 unspecified atom stereocenters. The summed E-state index contributed by atoms with van der Waals surface area (Å²) < 4.78 is 15.6. The van der Waals surface area contributed by atoms with E-state index in [4.69, 9.17) is 0 Å². The molecule has 9 heteroatoms. The standard InChI is InChI=1S/C25H27FN6O2/c1-30-9-11-31(12-10-30)15-22(33)29-19-7-5-17(6-8-19)21-14-32(20-4-2-3-18(26)13-20)24-23(21)25(34)28-16-27-24/h2-8,13-14,16,22,29,33H,9-12,15H2,1H3,(H,27,28,34). The van der Waals surface area contributed by atoms with Gasteiger partial charge >= 0.3 is 0 Å². The van der Waals surface area contributed by atoms with E-state index in [9.17, 15) is 14.3 Å². The number of aliphatic hydroxyl groups is 1. The van der Waals surface area contributed by atoms with Gasteiger partial charge in [-0.3, -0.25) is 9.69 Å². The van der Waals surface area contributed by atoms with Gasteiger partial charge < -0.3 is 24.9 Å². The fraction of sp³-hybridized carbons (Fsp3) is 0.280. The number of hydrogen-bond acceptors (Lipinski definition) is 6. The third kappa shape index (κ3) is 4.58. The molecule has 1 atom stereocenters. The van der Waals surface area contributed by atoms with Crippen molar-refractivity contribution in [3.05, 3.63) is 77.2 Å². The molecule has 1 fully saturated rings. The molecular formula is C25H27FN6O2.